The Morgan fingerprint density at radius 1 is 1.14 bits per heavy atom. The number of aromatic nitrogens is 2. The summed E-state index contributed by atoms with van der Waals surface area (Å²) in [6.07, 6.45) is 4.91. The number of fused-ring (bicyclic) bond motifs is 1. The van der Waals surface area contributed by atoms with Crippen LogP contribution in [-0.2, 0) is 23.8 Å². The maximum atomic E-state index is 15.0. The van der Waals surface area contributed by atoms with Gasteiger partial charge in [0.2, 0.25) is 0 Å². The fraction of sp³-hybridized carbons (Fsp3) is 0.214. The number of hydrogen-bond donors (Lipinski definition) is 1. The molecule has 2 heterocycles. The molecule has 3 aromatic carbocycles. The van der Waals surface area contributed by atoms with Gasteiger partial charge in [-0.3, -0.25) is 9.00 Å². The van der Waals surface area contributed by atoms with Gasteiger partial charge >= 0.3 is 0 Å². The molecule has 190 valence electrons. The van der Waals surface area contributed by atoms with Crippen LogP contribution in [-0.4, -0.2) is 44.4 Å². The third-order valence-corrected chi connectivity index (χ3v) is 7.42. The van der Waals surface area contributed by atoms with E-state index in [2.05, 4.69) is 9.97 Å². The van der Waals surface area contributed by atoms with Crippen molar-refractivity contribution in [3.63, 3.8) is 0 Å². The third-order valence-electron chi connectivity index (χ3n) is 6.48. The summed E-state index contributed by atoms with van der Waals surface area (Å²) in [5.41, 5.74) is 3.10. The van der Waals surface area contributed by atoms with Gasteiger partial charge in [0.15, 0.2) is 0 Å². The second-order valence-electron chi connectivity index (χ2n) is 8.74. The minimum absolute atomic E-state index is 0.0906. The quantitative estimate of drug-likeness (QED) is 0.384. The van der Waals surface area contributed by atoms with Crippen LogP contribution < -0.4 is 4.74 Å². The summed E-state index contributed by atoms with van der Waals surface area (Å²) in [6.45, 7) is 2.62. The van der Waals surface area contributed by atoms with Crippen molar-refractivity contribution in [2.75, 3.05) is 19.4 Å². The molecule has 0 bridgehead atoms. The Labute approximate surface area is 215 Å². The average Bonchev–Trinajstić information content (AvgIpc) is 3.33. The summed E-state index contributed by atoms with van der Waals surface area (Å²) in [4.78, 5) is 22.2. The second-order valence-corrected chi connectivity index (χ2v) is 10.1. The molecular formula is C28H25F2N3O3S. The maximum Gasteiger partial charge on any atom is 0.254 e. The van der Waals surface area contributed by atoms with Gasteiger partial charge in [-0.25, -0.2) is 13.8 Å². The maximum absolute atomic E-state index is 15.0. The van der Waals surface area contributed by atoms with E-state index in [1.54, 1.807) is 36.4 Å². The van der Waals surface area contributed by atoms with Crippen LogP contribution in [0.2, 0.25) is 0 Å². The molecule has 5 rings (SSSR count). The lowest BCUT2D eigenvalue weighted by Gasteiger charge is -2.22. The number of carbonyl (C=O) groups excluding carboxylic acids is 1. The molecule has 1 N–H and O–H groups in total. The number of ether oxygens (including phenoxy) is 1. The highest BCUT2D eigenvalue weighted by atomic mass is 32.2. The number of H-pyrrole nitrogens is 1. The SMILES string of the molecule is CCc1c(C(=O)N2CCOc3ccc(-c4ccc(-c5ncc[nH]5)c(F)c4)cc3C2)ccc(S(C)=O)c1F. The van der Waals surface area contributed by atoms with E-state index in [1.807, 2.05) is 24.3 Å². The normalized spacial score (nSPS) is 14.0. The van der Waals surface area contributed by atoms with E-state index in [1.165, 1.54) is 18.4 Å². The van der Waals surface area contributed by atoms with E-state index in [0.29, 0.717) is 35.7 Å². The first-order valence-electron chi connectivity index (χ1n) is 11.9. The van der Waals surface area contributed by atoms with Gasteiger partial charge in [0.05, 0.1) is 27.8 Å². The zero-order chi connectivity index (χ0) is 26.1. The highest BCUT2D eigenvalue weighted by Gasteiger charge is 2.26. The Bertz CT molecular complexity index is 1510. The Morgan fingerprint density at radius 2 is 1.92 bits per heavy atom. The van der Waals surface area contributed by atoms with E-state index in [0.717, 1.165) is 11.1 Å². The van der Waals surface area contributed by atoms with Crippen molar-refractivity contribution >= 4 is 16.7 Å². The molecule has 0 radical (unpaired) electrons. The summed E-state index contributed by atoms with van der Waals surface area (Å²) in [5.74, 6) is -0.219. The number of rotatable bonds is 5. The number of imidazole rings is 1. The van der Waals surface area contributed by atoms with Crippen LogP contribution in [0.1, 0.15) is 28.4 Å². The van der Waals surface area contributed by atoms with Crippen LogP contribution in [0.15, 0.2) is 65.8 Å². The smallest absolute Gasteiger partial charge is 0.254 e. The van der Waals surface area contributed by atoms with Crippen molar-refractivity contribution < 1.29 is 22.5 Å². The number of halogens is 2. The predicted octanol–water partition coefficient (Wildman–Crippen LogP) is 5.36. The van der Waals surface area contributed by atoms with E-state index in [4.69, 9.17) is 4.74 Å². The molecular weight excluding hydrogens is 496 g/mol. The van der Waals surface area contributed by atoms with Crippen molar-refractivity contribution in [1.82, 2.24) is 14.9 Å². The summed E-state index contributed by atoms with van der Waals surface area (Å²) < 4.78 is 47.6. The molecule has 9 heteroatoms. The summed E-state index contributed by atoms with van der Waals surface area (Å²) in [6, 6.07) is 13.5. The van der Waals surface area contributed by atoms with E-state index < -0.39 is 22.4 Å². The van der Waals surface area contributed by atoms with Gasteiger partial charge in [0, 0.05) is 41.9 Å². The minimum atomic E-state index is -1.50. The van der Waals surface area contributed by atoms with E-state index in [-0.39, 0.29) is 35.1 Å². The Hall–Kier alpha value is -3.85. The summed E-state index contributed by atoms with van der Waals surface area (Å²) in [5, 5.41) is 0. The van der Waals surface area contributed by atoms with Gasteiger partial charge in [0.25, 0.3) is 5.91 Å². The highest BCUT2D eigenvalue weighted by Crippen LogP contribution is 2.32. The van der Waals surface area contributed by atoms with Crippen LogP contribution in [0.25, 0.3) is 22.5 Å². The fourth-order valence-corrected chi connectivity index (χ4v) is 5.22. The number of hydrogen-bond acceptors (Lipinski definition) is 4. The van der Waals surface area contributed by atoms with Gasteiger partial charge in [-0.1, -0.05) is 19.1 Å². The van der Waals surface area contributed by atoms with Crippen LogP contribution in [0.5, 0.6) is 5.75 Å². The number of aromatic amines is 1. The van der Waals surface area contributed by atoms with Gasteiger partial charge in [0.1, 0.15) is 29.8 Å². The summed E-state index contributed by atoms with van der Waals surface area (Å²) >= 11 is 0. The number of carbonyl (C=O) groups is 1. The van der Waals surface area contributed by atoms with E-state index >= 15 is 0 Å². The standard InChI is InChI=1S/C28H25F2N3O3S/c1-3-20-21(7-9-25(26(20)30)37(2)35)28(34)33-12-13-36-24-8-5-17(14-19(24)16-33)18-4-6-22(23(29)15-18)27-31-10-11-32-27/h4-11,14-15H,3,12-13,16H2,1-2H3,(H,31,32). The molecule has 37 heavy (non-hydrogen) atoms. The van der Waals surface area contributed by atoms with Crippen molar-refractivity contribution in [1.29, 1.82) is 0 Å². The molecule has 0 saturated heterocycles. The van der Waals surface area contributed by atoms with Crippen LogP contribution in [0.3, 0.4) is 0 Å². The zero-order valence-corrected chi connectivity index (χ0v) is 21.2. The number of nitrogens with one attached hydrogen (secondary N) is 1. The van der Waals surface area contributed by atoms with Crippen molar-refractivity contribution in [3.8, 4) is 28.3 Å². The first-order chi connectivity index (χ1) is 17.9. The van der Waals surface area contributed by atoms with Gasteiger partial charge in [-0.2, -0.15) is 0 Å². The largest absolute Gasteiger partial charge is 0.491 e. The highest BCUT2D eigenvalue weighted by molar-refractivity contribution is 7.84. The van der Waals surface area contributed by atoms with Crippen molar-refractivity contribution in [3.05, 3.63) is 89.2 Å². The zero-order valence-electron chi connectivity index (χ0n) is 20.4. The first kappa shape index (κ1) is 24.8. The topological polar surface area (TPSA) is 75.3 Å². The minimum Gasteiger partial charge on any atom is -0.491 e. The summed E-state index contributed by atoms with van der Waals surface area (Å²) in [7, 11) is -1.50. The average molecular weight is 522 g/mol. The molecule has 6 nitrogen and oxygen atoms in total. The molecule has 1 aromatic heterocycles. The molecule has 1 aliphatic heterocycles. The van der Waals surface area contributed by atoms with Crippen LogP contribution in [0, 0.1) is 11.6 Å². The van der Waals surface area contributed by atoms with Crippen molar-refractivity contribution in [2.45, 2.75) is 24.8 Å². The number of amides is 1. The Balaban J connectivity index is 1.45. The van der Waals surface area contributed by atoms with E-state index in [9.17, 15) is 17.8 Å². The van der Waals surface area contributed by atoms with Crippen LogP contribution >= 0.6 is 0 Å². The van der Waals surface area contributed by atoms with Gasteiger partial charge in [-0.05, 0) is 53.9 Å². The fourth-order valence-electron chi connectivity index (χ4n) is 4.58. The van der Waals surface area contributed by atoms with Gasteiger partial charge < -0.3 is 14.6 Å². The molecule has 1 atom stereocenters. The molecule has 1 aliphatic rings. The Kier molecular flexibility index (Phi) is 6.88. The lowest BCUT2D eigenvalue weighted by atomic mass is 10.00. The van der Waals surface area contributed by atoms with Crippen molar-refractivity contribution in [2.24, 2.45) is 0 Å². The molecule has 0 saturated carbocycles. The molecule has 0 aliphatic carbocycles. The monoisotopic (exact) mass is 521 g/mol. The first-order valence-corrected chi connectivity index (χ1v) is 13.4. The lowest BCUT2D eigenvalue weighted by Crippen LogP contribution is -2.33. The third kappa shape index (κ3) is 4.79. The lowest BCUT2D eigenvalue weighted by molar-refractivity contribution is 0.0731. The molecule has 0 fully saturated rings. The predicted molar refractivity (Wildman–Crippen MR) is 138 cm³/mol. The molecule has 1 amide bonds. The number of benzene rings is 3. The number of nitrogens with zero attached hydrogens (tertiary/aromatic N) is 2. The van der Waals surface area contributed by atoms with Gasteiger partial charge in [-0.15, -0.1) is 0 Å². The Morgan fingerprint density at radius 3 is 2.62 bits per heavy atom. The molecule has 4 aromatic rings. The molecule has 1 unspecified atom stereocenters. The second kappa shape index (κ2) is 10.3. The van der Waals surface area contributed by atoms with Crippen LogP contribution in [0.4, 0.5) is 8.78 Å². The molecule has 0 spiro atoms.